The summed E-state index contributed by atoms with van der Waals surface area (Å²) < 4.78 is 1.35. The number of hydrogen-bond donors (Lipinski definition) is 0. The molecule has 2 aromatic carbocycles. The molecule has 2 aromatic rings. The van der Waals surface area contributed by atoms with Crippen molar-refractivity contribution < 1.29 is 31.1 Å². The Morgan fingerprint density at radius 3 is 1.56 bits per heavy atom. The predicted octanol–water partition coefficient (Wildman–Crippen LogP) is 4.52. The standard InChI is InChI=1S/C24H28BrN2O2.CHCl3.BrH/c1-13-9-15(3)19(16(4)10-13)26-21(28)24(7,8)22(29)27(23(26)25)20-17(5)11-14(2)12-18(20)6;2-1(3)4;/h9-12H,1-8H3;1H;1H/q+1;;/p-1. The quantitative estimate of drug-likeness (QED) is 0.207. The first kappa shape index (κ1) is 31.1. The van der Waals surface area contributed by atoms with Crippen LogP contribution in [0.2, 0.25) is 0 Å². The minimum atomic E-state index is -1.19. The van der Waals surface area contributed by atoms with Crippen LogP contribution in [0.5, 0.6) is 0 Å². The molecule has 0 spiro atoms. The number of benzene rings is 2. The number of amidine groups is 1. The molecule has 9 heteroatoms. The highest BCUT2D eigenvalue weighted by Crippen LogP contribution is 2.39. The third-order valence-corrected chi connectivity index (χ3v) is 6.27. The summed E-state index contributed by atoms with van der Waals surface area (Å²) in [6.07, 6.45) is 0. The van der Waals surface area contributed by atoms with Gasteiger partial charge in [0.1, 0.15) is 11.4 Å². The van der Waals surface area contributed by atoms with Gasteiger partial charge in [-0.05, 0) is 77.6 Å². The molecule has 1 aliphatic heterocycles. The summed E-state index contributed by atoms with van der Waals surface area (Å²) in [6, 6.07) is 8.25. The molecule has 0 fully saturated rings. The normalized spacial score (nSPS) is 15.3. The lowest BCUT2D eigenvalue weighted by molar-refractivity contribution is -0.376. The number of nitrogens with zero attached hydrogens (tertiary/aromatic N) is 2. The third kappa shape index (κ3) is 6.25. The first-order valence-electron chi connectivity index (χ1n) is 10.4. The molecule has 0 aromatic heterocycles. The van der Waals surface area contributed by atoms with Crippen molar-refractivity contribution in [3.8, 4) is 0 Å². The average molecular weight is 656 g/mol. The summed E-state index contributed by atoms with van der Waals surface area (Å²) in [4.78, 5) is 28.6. The number of amides is 2. The van der Waals surface area contributed by atoms with Crippen molar-refractivity contribution in [1.82, 2.24) is 0 Å². The monoisotopic (exact) mass is 652 g/mol. The van der Waals surface area contributed by atoms with Crippen LogP contribution in [0.25, 0.3) is 0 Å². The lowest BCUT2D eigenvalue weighted by Gasteiger charge is -2.32. The molecule has 186 valence electrons. The Kier molecular flexibility index (Phi) is 10.9. The molecule has 3 rings (SSSR count). The molecular weight excluding hydrogens is 626 g/mol. The Labute approximate surface area is 236 Å². The fraction of sp³-hybridized carbons (Fsp3) is 0.400. The molecule has 0 saturated carbocycles. The first-order valence-corrected chi connectivity index (χ1v) is 12.5. The largest absolute Gasteiger partial charge is 1.00 e. The Bertz CT molecular complexity index is 1110. The molecule has 0 atom stereocenters. The summed E-state index contributed by atoms with van der Waals surface area (Å²) >= 11 is 18.0. The lowest BCUT2D eigenvalue weighted by atomic mass is 9.87. The van der Waals surface area contributed by atoms with E-state index in [9.17, 15) is 9.59 Å². The molecule has 0 saturated heterocycles. The molecule has 34 heavy (non-hydrogen) atoms. The number of aryl methyl sites for hydroxylation is 6. The predicted molar refractivity (Wildman–Crippen MR) is 143 cm³/mol. The summed E-state index contributed by atoms with van der Waals surface area (Å²) in [5.74, 6) is -0.466. The number of carbonyl (C=O) groups is 2. The minimum absolute atomic E-state index is 0. The maximum absolute atomic E-state index is 13.5. The van der Waals surface area contributed by atoms with Crippen LogP contribution in [0, 0.1) is 47.0 Å². The topological polar surface area (TPSA) is 40.4 Å². The van der Waals surface area contributed by atoms with E-state index in [2.05, 4.69) is 40.2 Å². The molecule has 4 nitrogen and oxygen atoms in total. The molecule has 0 aliphatic carbocycles. The van der Waals surface area contributed by atoms with Gasteiger partial charge in [0.15, 0.2) is 9.71 Å². The fourth-order valence-corrected chi connectivity index (χ4v) is 5.03. The van der Waals surface area contributed by atoms with Gasteiger partial charge in [-0.3, -0.25) is 0 Å². The lowest BCUT2D eigenvalue weighted by Crippen LogP contribution is -3.00. The molecule has 0 unspecified atom stereocenters. The highest BCUT2D eigenvalue weighted by molar-refractivity contribution is 9.18. The van der Waals surface area contributed by atoms with Gasteiger partial charge in [0.2, 0.25) is 0 Å². The second kappa shape index (κ2) is 11.9. The van der Waals surface area contributed by atoms with Crippen molar-refractivity contribution in [2.24, 2.45) is 5.41 Å². The molecule has 1 aliphatic rings. The van der Waals surface area contributed by atoms with E-state index in [0.717, 1.165) is 44.8 Å². The maximum atomic E-state index is 13.5. The second-order valence-corrected chi connectivity index (χ2v) is 11.6. The van der Waals surface area contributed by atoms with Crippen LogP contribution in [0.1, 0.15) is 47.2 Å². The third-order valence-electron chi connectivity index (χ3n) is 5.56. The molecule has 1 heterocycles. The number of hydrogen-bond acceptors (Lipinski definition) is 2. The molecule has 0 bridgehead atoms. The van der Waals surface area contributed by atoms with Crippen LogP contribution in [0.3, 0.4) is 0 Å². The SMILES string of the molecule is Cc1cc(C)c(N2C(=O)C(C)(C)C(=O)[N+](c3c(C)cc(C)cc3C)=C2Br)c(C)c1.ClC(Cl)Cl.[Br-]. The number of rotatable bonds is 2. The van der Waals surface area contributed by atoms with Crippen molar-refractivity contribution in [2.45, 2.75) is 59.7 Å². The second-order valence-electron chi connectivity index (χ2n) is 8.92. The van der Waals surface area contributed by atoms with Gasteiger partial charge in [-0.2, -0.15) is 9.48 Å². The van der Waals surface area contributed by atoms with Crippen LogP contribution in [-0.4, -0.2) is 25.4 Å². The van der Waals surface area contributed by atoms with E-state index >= 15 is 0 Å². The molecular formula is C25H29Br2Cl3N2O2. The summed E-state index contributed by atoms with van der Waals surface area (Å²) in [5, 5.41) is 0. The van der Waals surface area contributed by atoms with Gasteiger partial charge in [-0.15, -0.1) is 0 Å². The first-order chi connectivity index (χ1) is 15.1. The highest BCUT2D eigenvalue weighted by Gasteiger charge is 2.56. The van der Waals surface area contributed by atoms with Gasteiger partial charge in [0.05, 0.1) is 15.9 Å². The van der Waals surface area contributed by atoms with Gasteiger partial charge in [-0.25, -0.2) is 9.59 Å². The molecule has 0 radical (unpaired) electrons. The smallest absolute Gasteiger partial charge is 0.341 e. The van der Waals surface area contributed by atoms with Crippen molar-refractivity contribution in [1.29, 1.82) is 0 Å². The van der Waals surface area contributed by atoms with Crippen LogP contribution in [-0.2, 0) is 9.59 Å². The number of alkyl halides is 3. The Balaban J connectivity index is 0.00000107. The van der Waals surface area contributed by atoms with Crippen LogP contribution in [0.15, 0.2) is 24.3 Å². The Hall–Kier alpha value is -0.920. The van der Waals surface area contributed by atoms with Crippen LogP contribution < -0.4 is 21.9 Å². The van der Waals surface area contributed by atoms with E-state index in [1.165, 1.54) is 0 Å². The highest BCUT2D eigenvalue weighted by atomic mass is 79.9. The zero-order valence-electron chi connectivity index (χ0n) is 20.5. The van der Waals surface area contributed by atoms with Gasteiger partial charge in [-0.1, -0.05) is 70.2 Å². The van der Waals surface area contributed by atoms with Crippen molar-refractivity contribution >= 4 is 78.7 Å². The van der Waals surface area contributed by atoms with Crippen molar-refractivity contribution in [3.05, 3.63) is 57.6 Å². The van der Waals surface area contributed by atoms with E-state index in [1.54, 1.807) is 23.3 Å². The Morgan fingerprint density at radius 2 is 1.18 bits per heavy atom. The van der Waals surface area contributed by atoms with E-state index in [-0.39, 0.29) is 28.8 Å². The van der Waals surface area contributed by atoms with Crippen molar-refractivity contribution in [2.75, 3.05) is 4.90 Å². The van der Waals surface area contributed by atoms with Gasteiger partial charge >= 0.3 is 16.6 Å². The van der Waals surface area contributed by atoms with Crippen LogP contribution in [0.4, 0.5) is 11.4 Å². The summed E-state index contributed by atoms with van der Waals surface area (Å²) in [7, 11) is 0. The number of anilines is 1. The maximum Gasteiger partial charge on any atom is 0.341 e. The van der Waals surface area contributed by atoms with E-state index in [0.29, 0.717) is 4.74 Å². The van der Waals surface area contributed by atoms with Crippen molar-refractivity contribution in [3.63, 3.8) is 0 Å². The minimum Gasteiger partial charge on any atom is -1.00 e. The Morgan fingerprint density at radius 1 is 0.824 bits per heavy atom. The van der Waals surface area contributed by atoms with E-state index in [1.807, 2.05) is 41.5 Å². The zero-order valence-corrected chi connectivity index (χ0v) is 25.9. The molecule has 2 amide bonds. The van der Waals surface area contributed by atoms with Gasteiger partial charge in [0, 0.05) is 0 Å². The van der Waals surface area contributed by atoms with E-state index in [4.69, 9.17) is 34.8 Å². The fourth-order valence-electron chi connectivity index (χ4n) is 4.36. The summed E-state index contributed by atoms with van der Waals surface area (Å²) in [5.41, 5.74) is 6.71. The number of halogens is 5. The molecule has 0 N–H and O–H groups in total. The van der Waals surface area contributed by atoms with E-state index < -0.39 is 9.71 Å². The van der Waals surface area contributed by atoms with Crippen LogP contribution >= 0.6 is 50.7 Å². The summed E-state index contributed by atoms with van der Waals surface area (Å²) in [6.45, 7) is 15.5. The average Bonchev–Trinajstić information content (AvgIpc) is 2.64. The number of carbonyl (C=O) groups excluding carboxylic acids is 2. The van der Waals surface area contributed by atoms with Gasteiger partial charge < -0.3 is 17.0 Å². The zero-order chi connectivity index (χ0) is 25.4. The van der Waals surface area contributed by atoms with Gasteiger partial charge in [0.25, 0.3) is 0 Å².